The number of hydrogen-bond donors (Lipinski definition) is 2. The van der Waals surface area contributed by atoms with Crippen LogP contribution >= 0.6 is 0 Å². The third-order valence-corrected chi connectivity index (χ3v) is 3.45. The molecule has 0 saturated carbocycles. The van der Waals surface area contributed by atoms with E-state index in [1.807, 2.05) is 60.7 Å². The van der Waals surface area contributed by atoms with Crippen LogP contribution in [0.5, 0.6) is 0 Å². The molecule has 0 fully saturated rings. The molecule has 106 valence electrons. The van der Waals surface area contributed by atoms with Crippen molar-refractivity contribution in [1.82, 2.24) is 5.32 Å². The molecule has 3 rings (SSSR count). The predicted molar refractivity (Wildman–Crippen MR) is 83.4 cm³/mol. The fourth-order valence-corrected chi connectivity index (χ4v) is 2.38. The van der Waals surface area contributed by atoms with Crippen LogP contribution in [0.1, 0.15) is 10.4 Å². The summed E-state index contributed by atoms with van der Waals surface area (Å²) >= 11 is 0. The van der Waals surface area contributed by atoms with Crippen LogP contribution in [-0.4, -0.2) is 31.4 Å². The minimum Gasteiger partial charge on any atom is -0.296 e. The molecule has 4 nitrogen and oxygen atoms in total. The van der Waals surface area contributed by atoms with Gasteiger partial charge < -0.3 is 0 Å². The normalized spacial score (nSPS) is 13.4. The molecular weight excluding hydrogens is 262 g/mol. The molecule has 21 heavy (non-hydrogen) atoms. The maximum Gasteiger partial charge on any atom is 0.263 e. The van der Waals surface area contributed by atoms with E-state index >= 15 is 0 Å². The van der Waals surface area contributed by atoms with Crippen LogP contribution in [-0.2, 0) is 0 Å². The van der Waals surface area contributed by atoms with Gasteiger partial charge in [0.25, 0.3) is 11.7 Å². The number of para-hydroxylation sites is 1. The van der Waals surface area contributed by atoms with Crippen LogP contribution in [0.15, 0.2) is 60.7 Å². The molecule has 1 amide bonds. The van der Waals surface area contributed by atoms with E-state index in [0.717, 1.165) is 24.6 Å². The van der Waals surface area contributed by atoms with Crippen molar-refractivity contribution in [3.63, 3.8) is 0 Å². The SMILES string of the molecule is O=C(c1ccccc1)N(CC1=[NH+]CCN1)c1ccccc1. The highest BCUT2D eigenvalue weighted by atomic mass is 16.2. The van der Waals surface area contributed by atoms with E-state index in [1.165, 1.54) is 0 Å². The van der Waals surface area contributed by atoms with E-state index in [4.69, 9.17) is 0 Å². The summed E-state index contributed by atoms with van der Waals surface area (Å²) in [6.45, 7) is 2.33. The fourth-order valence-electron chi connectivity index (χ4n) is 2.38. The highest BCUT2D eigenvalue weighted by Crippen LogP contribution is 2.16. The number of amidine groups is 1. The first-order valence-electron chi connectivity index (χ1n) is 7.10. The summed E-state index contributed by atoms with van der Waals surface area (Å²) in [5, 5.41) is 3.27. The zero-order valence-electron chi connectivity index (χ0n) is 11.8. The van der Waals surface area contributed by atoms with Crippen molar-refractivity contribution < 1.29 is 9.79 Å². The largest absolute Gasteiger partial charge is 0.296 e. The standard InChI is InChI=1S/C17H17N3O/c21-17(14-7-3-1-4-8-14)20(13-16-18-11-12-19-16)15-9-5-2-6-10-15/h1-10H,11-13H2,(H,18,19)/p+1. The molecule has 0 spiro atoms. The molecule has 4 heteroatoms. The highest BCUT2D eigenvalue weighted by molar-refractivity contribution is 6.08. The number of nitrogens with one attached hydrogen (secondary N) is 2. The number of anilines is 1. The minimum absolute atomic E-state index is 0.00444. The molecule has 1 aliphatic rings. The number of carbonyl (C=O) groups excluding carboxylic acids is 1. The van der Waals surface area contributed by atoms with E-state index in [-0.39, 0.29) is 5.91 Å². The van der Waals surface area contributed by atoms with Gasteiger partial charge in [-0.15, -0.1) is 0 Å². The molecule has 0 bridgehead atoms. The molecule has 0 unspecified atom stereocenters. The summed E-state index contributed by atoms with van der Waals surface area (Å²) < 4.78 is 0. The van der Waals surface area contributed by atoms with Crippen molar-refractivity contribution in [3.8, 4) is 0 Å². The summed E-state index contributed by atoms with van der Waals surface area (Å²) in [5.74, 6) is 0.993. The van der Waals surface area contributed by atoms with E-state index < -0.39 is 0 Å². The molecule has 0 aliphatic carbocycles. The van der Waals surface area contributed by atoms with Crippen molar-refractivity contribution in [2.45, 2.75) is 0 Å². The minimum atomic E-state index is 0.00444. The first-order chi connectivity index (χ1) is 10.3. The Bertz CT molecular complexity index is 638. The van der Waals surface area contributed by atoms with Gasteiger partial charge in [0.1, 0.15) is 19.6 Å². The summed E-state index contributed by atoms with van der Waals surface area (Å²) in [7, 11) is 0. The Kier molecular flexibility index (Phi) is 3.96. The Balaban J connectivity index is 1.90. The van der Waals surface area contributed by atoms with Gasteiger partial charge in [0.2, 0.25) is 0 Å². The summed E-state index contributed by atoms with van der Waals surface area (Å²) in [5.41, 5.74) is 1.59. The first kappa shape index (κ1) is 13.4. The van der Waals surface area contributed by atoms with Crippen LogP contribution in [0.25, 0.3) is 0 Å². The van der Waals surface area contributed by atoms with Gasteiger partial charge in [-0.2, -0.15) is 0 Å². The van der Waals surface area contributed by atoms with Crippen LogP contribution in [0.4, 0.5) is 5.69 Å². The number of hydrogen-bond acceptors (Lipinski definition) is 2. The van der Waals surface area contributed by atoms with Gasteiger partial charge in [-0.1, -0.05) is 36.4 Å². The third-order valence-electron chi connectivity index (χ3n) is 3.45. The Morgan fingerprint density at radius 1 is 1.05 bits per heavy atom. The molecule has 1 aliphatic heterocycles. The topological polar surface area (TPSA) is 46.3 Å². The van der Waals surface area contributed by atoms with Gasteiger partial charge in [0, 0.05) is 11.3 Å². The molecular formula is C17H18N3O+. The lowest BCUT2D eigenvalue weighted by Crippen LogP contribution is -2.72. The average molecular weight is 280 g/mol. The summed E-state index contributed by atoms with van der Waals surface area (Å²) in [6, 6.07) is 19.1. The number of benzene rings is 2. The van der Waals surface area contributed by atoms with Crippen LogP contribution in [0.3, 0.4) is 0 Å². The van der Waals surface area contributed by atoms with Gasteiger partial charge >= 0.3 is 0 Å². The molecule has 2 aromatic rings. The smallest absolute Gasteiger partial charge is 0.263 e. The van der Waals surface area contributed by atoms with Crippen molar-refractivity contribution in [1.29, 1.82) is 0 Å². The van der Waals surface area contributed by atoms with Gasteiger partial charge in [-0.05, 0) is 24.3 Å². The highest BCUT2D eigenvalue weighted by Gasteiger charge is 2.23. The average Bonchev–Trinajstić information content (AvgIpc) is 3.07. The summed E-state index contributed by atoms with van der Waals surface area (Å²) in [4.78, 5) is 17.9. The van der Waals surface area contributed by atoms with Gasteiger partial charge in [-0.3, -0.25) is 20.0 Å². The quantitative estimate of drug-likeness (QED) is 0.852. The Labute approximate surface area is 124 Å². The lowest BCUT2D eigenvalue weighted by molar-refractivity contribution is -0.445. The number of amides is 1. The lowest BCUT2D eigenvalue weighted by atomic mass is 10.1. The van der Waals surface area contributed by atoms with Crippen molar-refractivity contribution in [2.24, 2.45) is 0 Å². The van der Waals surface area contributed by atoms with Crippen molar-refractivity contribution in [2.75, 3.05) is 24.5 Å². The van der Waals surface area contributed by atoms with Gasteiger partial charge in [-0.25, -0.2) is 0 Å². The number of rotatable bonds is 4. The molecule has 1 heterocycles. The zero-order valence-corrected chi connectivity index (χ0v) is 11.8. The van der Waals surface area contributed by atoms with Crippen LogP contribution in [0, 0.1) is 0 Å². The van der Waals surface area contributed by atoms with Crippen LogP contribution < -0.4 is 15.2 Å². The molecule has 0 aromatic heterocycles. The Hall–Kier alpha value is -2.62. The van der Waals surface area contributed by atoms with E-state index in [1.54, 1.807) is 4.90 Å². The fraction of sp³-hybridized carbons (Fsp3) is 0.176. The third kappa shape index (κ3) is 3.11. The monoisotopic (exact) mass is 280 g/mol. The van der Waals surface area contributed by atoms with Gasteiger partial charge in [0.15, 0.2) is 0 Å². The second kappa shape index (κ2) is 6.22. The van der Waals surface area contributed by atoms with E-state index in [2.05, 4.69) is 10.3 Å². The lowest BCUT2D eigenvalue weighted by Gasteiger charge is -2.21. The van der Waals surface area contributed by atoms with Crippen LogP contribution in [0.2, 0.25) is 0 Å². The van der Waals surface area contributed by atoms with E-state index in [0.29, 0.717) is 12.1 Å². The number of nitrogens with zero attached hydrogens (tertiary/aromatic N) is 1. The maximum atomic E-state index is 12.8. The zero-order chi connectivity index (χ0) is 14.5. The number of carbonyl (C=O) groups is 1. The maximum absolute atomic E-state index is 12.8. The second-order valence-electron chi connectivity index (χ2n) is 4.92. The Morgan fingerprint density at radius 2 is 1.71 bits per heavy atom. The first-order valence-corrected chi connectivity index (χ1v) is 7.10. The van der Waals surface area contributed by atoms with Crippen molar-refractivity contribution in [3.05, 3.63) is 66.2 Å². The Morgan fingerprint density at radius 3 is 2.33 bits per heavy atom. The molecule has 0 saturated heterocycles. The molecule has 0 radical (unpaired) electrons. The molecule has 0 atom stereocenters. The second-order valence-corrected chi connectivity index (χ2v) is 4.92. The van der Waals surface area contributed by atoms with E-state index in [9.17, 15) is 4.79 Å². The molecule has 2 N–H and O–H groups in total. The van der Waals surface area contributed by atoms with Gasteiger partial charge in [0.05, 0.1) is 0 Å². The van der Waals surface area contributed by atoms with Crippen molar-refractivity contribution >= 4 is 17.4 Å². The predicted octanol–water partition coefficient (Wildman–Crippen LogP) is 0.416. The summed E-state index contributed by atoms with van der Waals surface area (Å²) in [6.07, 6.45) is 0. The molecule has 2 aromatic carbocycles.